The average molecular weight is 318 g/mol. The van der Waals surface area contributed by atoms with Crippen molar-refractivity contribution >= 4 is 5.91 Å². The Morgan fingerprint density at radius 2 is 2.09 bits per heavy atom. The first-order valence-corrected chi connectivity index (χ1v) is 8.78. The molecule has 1 saturated carbocycles. The van der Waals surface area contributed by atoms with E-state index in [0.717, 1.165) is 18.8 Å². The summed E-state index contributed by atoms with van der Waals surface area (Å²) in [6.45, 7) is 4.66. The molecule has 0 spiro atoms. The third-order valence-electron chi connectivity index (χ3n) is 4.46. The zero-order chi connectivity index (χ0) is 16.5. The van der Waals surface area contributed by atoms with Gasteiger partial charge in [0, 0.05) is 13.1 Å². The number of carbonyl (C=O) groups is 1. The van der Waals surface area contributed by atoms with Crippen LogP contribution in [0, 0.1) is 12.8 Å². The normalized spacial score (nSPS) is 15.6. The van der Waals surface area contributed by atoms with Crippen molar-refractivity contribution in [3.8, 4) is 5.75 Å². The second-order valence-electron chi connectivity index (χ2n) is 6.71. The Hall–Kier alpha value is -1.55. The molecule has 1 N–H and O–H groups in total. The van der Waals surface area contributed by atoms with Crippen LogP contribution in [-0.2, 0) is 4.79 Å². The Labute approximate surface area is 140 Å². The van der Waals surface area contributed by atoms with E-state index < -0.39 is 0 Å². The number of nitrogens with one attached hydrogen (secondary N) is 1. The summed E-state index contributed by atoms with van der Waals surface area (Å²) in [5, 5.41) is 3.08. The van der Waals surface area contributed by atoms with Gasteiger partial charge in [0.2, 0.25) is 5.91 Å². The van der Waals surface area contributed by atoms with E-state index in [0.29, 0.717) is 19.1 Å². The van der Waals surface area contributed by atoms with Crippen LogP contribution in [0.4, 0.5) is 0 Å². The number of hydrogen-bond acceptors (Lipinski definition) is 3. The van der Waals surface area contributed by atoms with Gasteiger partial charge in [-0.15, -0.1) is 0 Å². The minimum atomic E-state index is 0.119. The second-order valence-corrected chi connectivity index (χ2v) is 6.71. The van der Waals surface area contributed by atoms with Crippen LogP contribution in [-0.4, -0.2) is 44.1 Å². The van der Waals surface area contributed by atoms with E-state index >= 15 is 0 Å². The molecule has 1 fully saturated rings. The minimum absolute atomic E-state index is 0.119. The highest BCUT2D eigenvalue weighted by atomic mass is 16.5. The van der Waals surface area contributed by atoms with Gasteiger partial charge in [-0.05, 0) is 50.4 Å². The fourth-order valence-corrected chi connectivity index (χ4v) is 3.05. The molecule has 0 aromatic heterocycles. The van der Waals surface area contributed by atoms with Crippen molar-refractivity contribution in [3.63, 3.8) is 0 Å². The van der Waals surface area contributed by atoms with Crippen LogP contribution >= 0.6 is 0 Å². The summed E-state index contributed by atoms with van der Waals surface area (Å²) in [6.07, 6.45) is 6.52. The van der Waals surface area contributed by atoms with Crippen LogP contribution in [0.5, 0.6) is 5.75 Å². The molecule has 128 valence electrons. The Kier molecular flexibility index (Phi) is 7.40. The number of carbonyl (C=O) groups excluding carboxylic acids is 1. The van der Waals surface area contributed by atoms with E-state index in [1.165, 1.54) is 37.7 Å². The first-order valence-electron chi connectivity index (χ1n) is 8.78. The van der Waals surface area contributed by atoms with E-state index in [1.807, 2.05) is 30.1 Å². The molecule has 0 radical (unpaired) electrons. The molecule has 0 bridgehead atoms. The number of ether oxygens (including phenoxy) is 1. The number of rotatable bonds is 8. The molecule has 23 heavy (non-hydrogen) atoms. The van der Waals surface area contributed by atoms with Crippen molar-refractivity contribution < 1.29 is 9.53 Å². The highest BCUT2D eigenvalue weighted by Crippen LogP contribution is 2.22. The van der Waals surface area contributed by atoms with Crippen molar-refractivity contribution in [2.24, 2.45) is 5.92 Å². The maximum absolute atomic E-state index is 12.0. The van der Waals surface area contributed by atoms with E-state index in [1.54, 1.807) is 0 Å². The van der Waals surface area contributed by atoms with E-state index in [-0.39, 0.29) is 5.91 Å². The number of hydrogen-bond donors (Lipinski definition) is 1. The summed E-state index contributed by atoms with van der Waals surface area (Å²) in [4.78, 5) is 14.0. The Balaban J connectivity index is 1.58. The number of benzene rings is 1. The molecule has 4 heteroatoms. The molecule has 0 unspecified atom stereocenters. The summed E-state index contributed by atoms with van der Waals surface area (Å²) in [7, 11) is 1.96. The number of amides is 1. The van der Waals surface area contributed by atoms with Gasteiger partial charge in [-0.3, -0.25) is 9.69 Å². The molecule has 4 nitrogen and oxygen atoms in total. The van der Waals surface area contributed by atoms with E-state index in [2.05, 4.69) is 18.3 Å². The van der Waals surface area contributed by atoms with Crippen LogP contribution in [0.2, 0.25) is 0 Å². The molecule has 1 aliphatic carbocycles. The largest absolute Gasteiger partial charge is 0.492 e. The van der Waals surface area contributed by atoms with Gasteiger partial charge in [-0.2, -0.15) is 0 Å². The summed E-state index contributed by atoms with van der Waals surface area (Å²) < 4.78 is 5.72. The van der Waals surface area contributed by atoms with E-state index in [9.17, 15) is 4.79 Å². The zero-order valence-electron chi connectivity index (χ0n) is 14.5. The molecule has 2 rings (SSSR count). The first-order chi connectivity index (χ1) is 11.1. The minimum Gasteiger partial charge on any atom is -0.492 e. The number of aryl methyl sites for hydroxylation is 1. The highest BCUT2D eigenvalue weighted by Gasteiger charge is 2.14. The quantitative estimate of drug-likeness (QED) is 0.801. The lowest BCUT2D eigenvalue weighted by Crippen LogP contribution is -2.39. The second kappa shape index (κ2) is 9.56. The predicted octanol–water partition coefficient (Wildman–Crippen LogP) is 3.00. The van der Waals surface area contributed by atoms with Crippen LogP contribution < -0.4 is 10.1 Å². The Bertz CT molecular complexity index is 484. The standard InChI is InChI=1S/C19H30N2O2/c1-16-7-6-10-18(13-16)23-12-11-21(2)15-19(22)20-14-17-8-4-3-5-9-17/h6-7,10,13,17H,3-5,8-9,11-12,14-15H2,1-2H3,(H,20,22). The maximum atomic E-state index is 12.0. The summed E-state index contributed by atoms with van der Waals surface area (Å²) in [6, 6.07) is 8.03. The fourth-order valence-electron chi connectivity index (χ4n) is 3.05. The Morgan fingerprint density at radius 1 is 1.30 bits per heavy atom. The smallest absolute Gasteiger partial charge is 0.234 e. The molecule has 1 aromatic carbocycles. The van der Waals surface area contributed by atoms with Crippen LogP contribution in [0.25, 0.3) is 0 Å². The number of likely N-dealkylation sites (N-methyl/N-ethyl adjacent to an activating group) is 1. The fraction of sp³-hybridized carbons (Fsp3) is 0.632. The van der Waals surface area contributed by atoms with Crippen molar-refractivity contribution in [1.82, 2.24) is 10.2 Å². The van der Waals surface area contributed by atoms with Gasteiger partial charge in [0.25, 0.3) is 0 Å². The van der Waals surface area contributed by atoms with Gasteiger partial charge in [0.1, 0.15) is 12.4 Å². The topological polar surface area (TPSA) is 41.6 Å². The van der Waals surface area contributed by atoms with Crippen molar-refractivity contribution in [2.75, 3.05) is 33.3 Å². The van der Waals surface area contributed by atoms with Gasteiger partial charge in [-0.25, -0.2) is 0 Å². The molecule has 0 atom stereocenters. The maximum Gasteiger partial charge on any atom is 0.234 e. The SMILES string of the molecule is Cc1cccc(OCCN(C)CC(=O)NCC2CCCCC2)c1. The Morgan fingerprint density at radius 3 is 2.83 bits per heavy atom. The van der Waals surface area contributed by atoms with Crippen LogP contribution in [0.1, 0.15) is 37.7 Å². The molecular weight excluding hydrogens is 288 g/mol. The van der Waals surface area contributed by atoms with Gasteiger partial charge in [-0.1, -0.05) is 31.4 Å². The lowest BCUT2D eigenvalue weighted by molar-refractivity contribution is -0.122. The molecule has 0 heterocycles. The summed E-state index contributed by atoms with van der Waals surface area (Å²) >= 11 is 0. The summed E-state index contributed by atoms with van der Waals surface area (Å²) in [5.74, 6) is 1.69. The highest BCUT2D eigenvalue weighted by molar-refractivity contribution is 5.77. The molecule has 0 saturated heterocycles. The molecule has 1 aliphatic rings. The molecular formula is C19H30N2O2. The summed E-state index contributed by atoms with van der Waals surface area (Å²) in [5.41, 5.74) is 1.19. The lowest BCUT2D eigenvalue weighted by atomic mass is 9.89. The number of nitrogens with zero attached hydrogens (tertiary/aromatic N) is 1. The molecule has 1 aromatic rings. The van der Waals surface area contributed by atoms with Crippen molar-refractivity contribution in [3.05, 3.63) is 29.8 Å². The lowest BCUT2D eigenvalue weighted by Gasteiger charge is -2.22. The van der Waals surface area contributed by atoms with Crippen molar-refractivity contribution in [2.45, 2.75) is 39.0 Å². The van der Waals surface area contributed by atoms with Crippen LogP contribution in [0.3, 0.4) is 0 Å². The predicted molar refractivity (Wildman–Crippen MR) is 93.8 cm³/mol. The van der Waals surface area contributed by atoms with Crippen LogP contribution in [0.15, 0.2) is 24.3 Å². The van der Waals surface area contributed by atoms with E-state index in [4.69, 9.17) is 4.74 Å². The van der Waals surface area contributed by atoms with Crippen molar-refractivity contribution in [1.29, 1.82) is 0 Å². The monoisotopic (exact) mass is 318 g/mol. The zero-order valence-corrected chi connectivity index (χ0v) is 14.5. The van der Waals surface area contributed by atoms with Gasteiger partial charge in [0.05, 0.1) is 6.54 Å². The van der Waals surface area contributed by atoms with Gasteiger partial charge >= 0.3 is 0 Å². The first kappa shape index (κ1) is 17.8. The molecule has 0 aliphatic heterocycles. The van der Waals surface area contributed by atoms with Gasteiger partial charge < -0.3 is 10.1 Å². The third kappa shape index (κ3) is 7.04. The third-order valence-corrected chi connectivity index (χ3v) is 4.46. The average Bonchev–Trinajstić information content (AvgIpc) is 2.54. The van der Waals surface area contributed by atoms with Gasteiger partial charge in [0.15, 0.2) is 0 Å². The molecule has 1 amide bonds.